The normalized spacial score (nSPS) is 14.1. The van der Waals surface area contributed by atoms with Crippen molar-refractivity contribution in [3.8, 4) is 0 Å². The van der Waals surface area contributed by atoms with Gasteiger partial charge in [-0.2, -0.15) is 11.8 Å². The molecule has 108 valence electrons. The fourth-order valence-electron chi connectivity index (χ4n) is 2.35. The molecule has 0 spiro atoms. The van der Waals surface area contributed by atoms with E-state index in [1.54, 1.807) is 11.8 Å². The van der Waals surface area contributed by atoms with Crippen molar-refractivity contribution in [1.82, 2.24) is 4.90 Å². The molecule has 0 fully saturated rings. The Bertz CT molecular complexity index is 501. The number of carbonyl (C=O) groups excluding carboxylic acids is 2. The number of aliphatic hydroxyl groups is 1. The molecule has 1 aliphatic rings. The van der Waals surface area contributed by atoms with Crippen LogP contribution in [0.15, 0.2) is 12.1 Å². The zero-order chi connectivity index (χ0) is 14.7. The third-order valence-electron chi connectivity index (χ3n) is 3.45. The van der Waals surface area contributed by atoms with Gasteiger partial charge in [0.1, 0.15) is 0 Å². The predicted molar refractivity (Wildman–Crippen MR) is 80.3 cm³/mol. The fourth-order valence-corrected chi connectivity index (χ4v) is 3.20. The molecule has 0 radical (unpaired) electrons. The van der Waals surface area contributed by atoms with Crippen LogP contribution in [0.5, 0.6) is 0 Å². The first kappa shape index (κ1) is 15.1. The molecule has 0 atom stereocenters. The predicted octanol–water partition coefficient (Wildman–Crippen LogP) is 2.02. The highest BCUT2D eigenvalue weighted by molar-refractivity contribution is 7.99. The first-order valence-corrected chi connectivity index (χ1v) is 7.88. The maximum atomic E-state index is 12.4. The summed E-state index contributed by atoms with van der Waals surface area (Å²) in [6.45, 7) is 4.34. The van der Waals surface area contributed by atoms with Crippen LogP contribution < -0.4 is 0 Å². The lowest BCUT2D eigenvalue weighted by atomic mass is 9.99. The molecular weight excluding hydrogens is 274 g/mol. The first-order valence-electron chi connectivity index (χ1n) is 6.73. The van der Waals surface area contributed by atoms with Gasteiger partial charge in [-0.15, -0.1) is 0 Å². The van der Waals surface area contributed by atoms with Gasteiger partial charge >= 0.3 is 0 Å². The van der Waals surface area contributed by atoms with Gasteiger partial charge in [-0.1, -0.05) is 12.1 Å². The number of rotatable bonds is 6. The molecule has 0 unspecified atom stereocenters. The standard InChI is InChI=1S/C15H19NO3S/c1-10-4-5-11(2)13-12(10)14(18)16(15(13)19)6-9-20-8-3-7-17/h4-5,17H,3,6-9H2,1-2H3. The lowest BCUT2D eigenvalue weighted by molar-refractivity contribution is 0.0664. The highest BCUT2D eigenvalue weighted by Gasteiger charge is 2.37. The van der Waals surface area contributed by atoms with Gasteiger partial charge < -0.3 is 5.11 Å². The summed E-state index contributed by atoms with van der Waals surface area (Å²) in [5, 5.41) is 8.71. The summed E-state index contributed by atoms with van der Waals surface area (Å²) < 4.78 is 0. The second kappa shape index (κ2) is 6.41. The van der Waals surface area contributed by atoms with Gasteiger partial charge in [0, 0.05) is 18.9 Å². The molecule has 1 aliphatic heterocycles. The number of nitrogens with zero attached hydrogens (tertiary/aromatic N) is 1. The number of thioether (sulfide) groups is 1. The number of amides is 2. The van der Waals surface area contributed by atoms with E-state index in [2.05, 4.69) is 0 Å². The fraction of sp³-hybridized carbons (Fsp3) is 0.467. The summed E-state index contributed by atoms with van der Waals surface area (Å²) in [4.78, 5) is 26.1. The molecule has 2 rings (SSSR count). The van der Waals surface area contributed by atoms with Crippen molar-refractivity contribution in [2.45, 2.75) is 20.3 Å². The van der Waals surface area contributed by atoms with Crippen LogP contribution in [0.4, 0.5) is 0 Å². The molecule has 1 aromatic carbocycles. The third-order valence-corrected chi connectivity index (χ3v) is 4.49. The molecule has 1 N–H and O–H groups in total. The van der Waals surface area contributed by atoms with Crippen molar-refractivity contribution < 1.29 is 14.7 Å². The van der Waals surface area contributed by atoms with Gasteiger partial charge in [0.15, 0.2) is 0 Å². The summed E-state index contributed by atoms with van der Waals surface area (Å²) in [6.07, 6.45) is 0.741. The van der Waals surface area contributed by atoms with Crippen LogP contribution in [0, 0.1) is 13.8 Å². The maximum Gasteiger partial charge on any atom is 0.261 e. The smallest absolute Gasteiger partial charge is 0.261 e. The second-order valence-electron chi connectivity index (χ2n) is 4.90. The monoisotopic (exact) mass is 293 g/mol. The molecule has 0 aliphatic carbocycles. The van der Waals surface area contributed by atoms with Crippen molar-refractivity contribution in [2.24, 2.45) is 0 Å². The molecule has 0 aromatic heterocycles. The summed E-state index contributed by atoms with van der Waals surface area (Å²) in [6, 6.07) is 3.78. The molecule has 20 heavy (non-hydrogen) atoms. The van der Waals surface area contributed by atoms with Gasteiger partial charge in [-0.05, 0) is 37.1 Å². The lowest BCUT2D eigenvalue weighted by Gasteiger charge is -2.13. The summed E-state index contributed by atoms with van der Waals surface area (Å²) in [5.41, 5.74) is 2.85. The first-order chi connectivity index (χ1) is 9.57. The summed E-state index contributed by atoms with van der Waals surface area (Å²) in [5.74, 6) is 1.21. The van der Waals surface area contributed by atoms with Crippen LogP contribution in [-0.4, -0.2) is 46.5 Å². The average molecular weight is 293 g/mol. The zero-order valence-electron chi connectivity index (χ0n) is 11.8. The third kappa shape index (κ3) is 2.74. The topological polar surface area (TPSA) is 57.6 Å². The van der Waals surface area contributed by atoms with E-state index >= 15 is 0 Å². The molecule has 1 heterocycles. The minimum atomic E-state index is -0.172. The van der Waals surface area contributed by atoms with E-state index in [4.69, 9.17) is 5.11 Å². The van der Waals surface area contributed by atoms with Gasteiger partial charge in [0.2, 0.25) is 0 Å². The largest absolute Gasteiger partial charge is 0.396 e. The van der Waals surface area contributed by atoms with E-state index in [0.717, 1.165) is 23.3 Å². The van der Waals surface area contributed by atoms with Crippen LogP contribution in [0.2, 0.25) is 0 Å². The van der Waals surface area contributed by atoms with Crippen LogP contribution in [-0.2, 0) is 0 Å². The minimum Gasteiger partial charge on any atom is -0.396 e. The molecule has 0 saturated carbocycles. The van der Waals surface area contributed by atoms with Gasteiger partial charge in [0.25, 0.3) is 11.8 Å². The summed E-state index contributed by atoms with van der Waals surface area (Å²) >= 11 is 1.65. The highest BCUT2D eigenvalue weighted by atomic mass is 32.2. The van der Waals surface area contributed by atoms with E-state index in [0.29, 0.717) is 23.4 Å². The number of hydrogen-bond donors (Lipinski definition) is 1. The van der Waals surface area contributed by atoms with Crippen molar-refractivity contribution >= 4 is 23.6 Å². The SMILES string of the molecule is Cc1ccc(C)c2c1C(=O)N(CCSCCCO)C2=O. The van der Waals surface area contributed by atoms with Crippen LogP contribution in [0.3, 0.4) is 0 Å². The van der Waals surface area contributed by atoms with E-state index in [1.807, 2.05) is 26.0 Å². The number of benzene rings is 1. The Morgan fingerprint density at radius 1 is 1.05 bits per heavy atom. The van der Waals surface area contributed by atoms with Crippen LogP contribution in [0.1, 0.15) is 38.3 Å². The number of fused-ring (bicyclic) bond motifs is 1. The highest BCUT2D eigenvalue weighted by Crippen LogP contribution is 2.28. The second-order valence-corrected chi connectivity index (χ2v) is 6.13. The molecule has 5 heteroatoms. The molecule has 0 saturated heterocycles. The quantitative estimate of drug-likeness (QED) is 0.644. The number of aryl methyl sites for hydroxylation is 2. The maximum absolute atomic E-state index is 12.4. The number of imide groups is 1. The Hall–Kier alpha value is -1.33. The Labute approximate surface area is 123 Å². The van der Waals surface area contributed by atoms with E-state index < -0.39 is 0 Å². The Kier molecular flexibility index (Phi) is 4.83. The van der Waals surface area contributed by atoms with Crippen molar-refractivity contribution in [2.75, 3.05) is 24.7 Å². The molecule has 4 nitrogen and oxygen atoms in total. The van der Waals surface area contributed by atoms with Crippen molar-refractivity contribution in [3.05, 3.63) is 34.4 Å². The minimum absolute atomic E-state index is 0.172. The van der Waals surface area contributed by atoms with Gasteiger partial charge in [0.05, 0.1) is 11.1 Å². The number of hydrogen-bond acceptors (Lipinski definition) is 4. The lowest BCUT2D eigenvalue weighted by Crippen LogP contribution is -2.32. The van der Waals surface area contributed by atoms with Crippen LogP contribution in [0.25, 0.3) is 0 Å². The molecule has 0 bridgehead atoms. The molecular formula is C15H19NO3S. The van der Waals surface area contributed by atoms with E-state index in [9.17, 15) is 9.59 Å². The van der Waals surface area contributed by atoms with Gasteiger partial charge in [-0.3, -0.25) is 14.5 Å². The average Bonchev–Trinajstić information content (AvgIpc) is 2.68. The van der Waals surface area contributed by atoms with Gasteiger partial charge in [-0.25, -0.2) is 0 Å². The van der Waals surface area contributed by atoms with E-state index in [-0.39, 0.29) is 18.4 Å². The Balaban J connectivity index is 2.08. The van der Waals surface area contributed by atoms with E-state index in [1.165, 1.54) is 4.90 Å². The van der Waals surface area contributed by atoms with Crippen molar-refractivity contribution in [1.29, 1.82) is 0 Å². The Morgan fingerprint density at radius 2 is 1.60 bits per heavy atom. The van der Waals surface area contributed by atoms with Crippen LogP contribution >= 0.6 is 11.8 Å². The zero-order valence-corrected chi connectivity index (χ0v) is 12.6. The number of aliphatic hydroxyl groups excluding tert-OH is 1. The molecule has 1 aromatic rings. The van der Waals surface area contributed by atoms with Crippen molar-refractivity contribution in [3.63, 3.8) is 0 Å². The number of carbonyl (C=O) groups is 2. The summed E-state index contributed by atoms with van der Waals surface area (Å²) in [7, 11) is 0. The Morgan fingerprint density at radius 3 is 2.10 bits per heavy atom. The molecule has 2 amide bonds.